The average Bonchev–Trinajstić information content (AvgIpc) is 2.03. The zero-order chi connectivity index (χ0) is 8.97. The van der Waals surface area contributed by atoms with E-state index in [2.05, 4.69) is 5.32 Å². The summed E-state index contributed by atoms with van der Waals surface area (Å²) in [5.41, 5.74) is 12.2. The Morgan fingerprint density at radius 1 is 1.33 bits per heavy atom. The SMILES string of the molecule is Nc1ccc(NCC(N)O)cc1. The van der Waals surface area contributed by atoms with Gasteiger partial charge in [0.2, 0.25) is 0 Å². The minimum atomic E-state index is -0.831. The minimum absolute atomic E-state index is 0.337. The fraction of sp³-hybridized carbons (Fsp3) is 0.250. The summed E-state index contributed by atoms with van der Waals surface area (Å²) in [4.78, 5) is 0. The second-order valence-electron chi connectivity index (χ2n) is 2.57. The third kappa shape index (κ3) is 2.77. The van der Waals surface area contributed by atoms with Crippen LogP contribution in [0.2, 0.25) is 0 Å². The molecule has 12 heavy (non-hydrogen) atoms. The van der Waals surface area contributed by atoms with Crippen molar-refractivity contribution in [3.8, 4) is 0 Å². The topological polar surface area (TPSA) is 84.3 Å². The predicted octanol–water partition coefficient (Wildman–Crippen LogP) is -0.0422. The number of nitrogen functional groups attached to an aromatic ring is 1. The zero-order valence-corrected chi connectivity index (χ0v) is 6.70. The molecule has 0 aliphatic rings. The molecule has 0 saturated heterocycles. The smallest absolute Gasteiger partial charge is 0.119 e. The van der Waals surface area contributed by atoms with Crippen LogP contribution in [0, 0.1) is 0 Å². The molecule has 1 atom stereocenters. The molecule has 0 aliphatic carbocycles. The van der Waals surface area contributed by atoms with Crippen LogP contribution in [-0.2, 0) is 0 Å². The van der Waals surface area contributed by atoms with Crippen molar-refractivity contribution in [3.05, 3.63) is 24.3 Å². The molecule has 0 aromatic heterocycles. The van der Waals surface area contributed by atoms with Crippen LogP contribution in [0.25, 0.3) is 0 Å². The van der Waals surface area contributed by atoms with Gasteiger partial charge >= 0.3 is 0 Å². The molecule has 0 heterocycles. The molecule has 0 amide bonds. The van der Waals surface area contributed by atoms with E-state index in [1.807, 2.05) is 12.1 Å². The van der Waals surface area contributed by atoms with E-state index in [4.69, 9.17) is 16.6 Å². The summed E-state index contributed by atoms with van der Waals surface area (Å²) in [6.07, 6.45) is -0.831. The van der Waals surface area contributed by atoms with Crippen molar-refractivity contribution in [2.24, 2.45) is 5.73 Å². The zero-order valence-electron chi connectivity index (χ0n) is 6.70. The fourth-order valence-electron chi connectivity index (χ4n) is 0.823. The van der Waals surface area contributed by atoms with Gasteiger partial charge in [-0.15, -0.1) is 0 Å². The molecule has 1 unspecified atom stereocenters. The van der Waals surface area contributed by atoms with Gasteiger partial charge in [0.05, 0.1) is 6.54 Å². The first-order valence-corrected chi connectivity index (χ1v) is 3.71. The van der Waals surface area contributed by atoms with Crippen LogP contribution < -0.4 is 16.8 Å². The van der Waals surface area contributed by atoms with Crippen LogP contribution >= 0.6 is 0 Å². The molecular weight excluding hydrogens is 154 g/mol. The number of hydrogen-bond donors (Lipinski definition) is 4. The number of hydrogen-bond acceptors (Lipinski definition) is 4. The van der Waals surface area contributed by atoms with E-state index in [9.17, 15) is 0 Å². The molecule has 0 aliphatic heterocycles. The van der Waals surface area contributed by atoms with Gasteiger partial charge in [0.1, 0.15) is 6.23 Å². The molecule has 0 bridgehead atoms. The second-order valence-corrected chi connectivity index (χ2v) is 2.57. The van der Waals surface area contributed by atoms with Crippen molar-refractivity contribution in [3.63, 3.8) is 0 Å². The number of anilines is 2. The van der Waals surface area contributed by atoms with Crippen LogP contribution in [0.5, 0.6) is 0 Å². The molecule has 6 N–H and O–H groups in total. The fourth-order valence-corrected chi connectivity index (χ4v) is 0.823. The van der Waals surface area contributed by atoms with E-state index in [-0.39, 0.29) is 0 Å². The Kier molecular flexibility index (Phi) is 2.90. The van der Waals surface area contributed by atoms with Gasteiger partial charge in [-0.25, -0.2) is 0 Å². The molecule has 1 aromatic rings. The van der Waals surface area contributed by atoms with Gasteiger partial charge in [-0.3, -0.25) is 0 Å². The highest BCUT2D eigenvalue weighted by molar-refractivity contribution is 5.51. The minimum Gasteiger partial charge on any atom is -0.399 e. The van der Waals surface area contributed by atoms with Crippen LogP contribution in [0.3, 0.4) is 0 Å². The summed E-state index contributed by atoms with van der Waals surface area (Å²) in [5.74, 6) is 0. The Morgan fingerprint density at radius 2 is 1.92 bits per heavy atom. The highest BCUT2D eigenvalue weighted by atomic mass is 16.3. The van der Waals surface area contributed by atoms with E-state index in [1.54, 1.807) is 12.1 Å². The predicted molar refractivity (Wildman–Crippen MR) is 49.5 cm³/mol. The van der Waals surface area contributed by atoms with Crippen molar-refractivity contribution in [2.75, 3.05) is 17.6 Å². The second kappa shape index (κ2) is 3.94. The highest BCUT2D eigenvalue weighted by Gasteiger charge is 1.94. The molecule has 0 spiro atoms. The summed E-state index contributed by atoms with van der Waals surface area (Å²) >= 11 is 0. The van der Waals surface area contributed by atoms with E-state index < -0.39 is 6.23 Å². The summed E-state index contributed by atoms with van der Waals surface area (Å²) in [6, 6.07) is 7.23. The summed E-state index contributed by atoms with van der Waals surface area (Å²) in [6.45, 7) is 0.337. The maximum atomic E-state index is 8.76. The number of rotatable bonds is 3. The van der Waals surface area contributed by atoms with Gasteiger partial charge in [0, 0.05) is 11.4 Å². The molecule has 66 valence electrons. The number of aliphatic hydroxyl groups is 1. The van der Waals surface area contributed by atoms with Gasteiger partial charge in [0.15, 0.2) is 0 Å². The van der Waals surface area contributed by atoms with E-state index in [0.29, 0.717) is 12.2 Å². The standard InChI is InChI=1S/C8H13N3O/c9-6-1-3-7(4-2-6)11-5-8(10)12/h1-4,8,11-12H,5,9-10H2. The largest absolute Gasteiger partial charge is 0.399 e. The normalized spacial score (nSPS) is 12.5. The quantitative estimate of drug-likeness (QED) is 0.376. The molecule has 4 nitrogen and oxygen atoms in total. The van der Waals surface area contributed by atoms with Crippen LogP contribution in [0.15, 0.2) is 24.3 Å². The molecular formula is C8H13N3O. The first-order valence-electron chi connectivity index (χ1n) is 3.71. The molecule has 1 rings (SSSR count). The number of benzene rings is 1. The lowest BCUT2D eigenvalue weighted by Gasteiger charge is -2.07. The van der Waals surface area contributed by atoms with E-state index in [0.717, 1.165) is 5.69 Å². The number of nitrogens with two attached hydrogens (primary N) is 2. The van der Waals surface area contributed by atoms with Crippen LogP contribution in [0.1, 0.15) is 0 Å². The summed E-state index contributed by atoms with van der Waals surface area (Å²) in [5, 5.41) is 11.7. The van der Waals surface area contributed by atoms with Crippen molar-refractivity contribution in [1.29, 1.82) is 0 Å². The van der Waals surface area contributed by atoms with Crippen LogP contribution in [-0.4, -0.2) is 17.9 Å². The molecule has 4 heteroatoms. The molecule has 0 fully saturated rings. The van der Waals surface area contributed by atoms with Crippen molar-refractivity contribution in [1.82, 2.24) is 0 Å². The Hall–Kier alpha value is -1.26. The summed E-state index contributed by atoms with van der Waals surface area (Å²) in [7, 11) is 0. The van der Waals surface area contributed by atoms with Gasteiger partial charge in [0.25, 0.3) is 0 Å². The average molecular weight is 167 g/mol. The Bertz CT molecular complexity index is 233. The highest BCUT2D eigenvalue weighted by Crippen LogP contribution is 2.09. The maximum Gasteiger partial charge on any atom is 0.119 e. The van der Waals surface area contributed by atoms with Gasteiger partial charge in [-0.05, 0) is 24.3 Å². The van der Waals surface area contributed by atoms with Crippen molar-refractivity contribution < 1.29 is 5.11 Å². The Morgan fingerprint density at radius 3 is 2.42 bits per heavy atom. The lowest BCUT2D eigenvalue weighted by atomic mass is 10.3. The third-order valence-corrected chi connectivity index (χ3v) is 1.43. The Labute approximate surface area is 71.2 Å². The maximum absolute atomic E-state index is 8.76. The number of nitrogens with one attached hydrogen (secondary N) is 1. The van der Waals surface area contributed by atoms with Crippen LogP contribution in [0.4, 0.5) is 11.4 Å². The van der Waals surface area contributed by atoms with E-state index >= 15 is 0 Å². The summed E-state index contributed by atoms with van der Waals surface area (Å²) < 4.78 is 0. The van der Waals surface area contributed by atoms with Gasteiger partial charge in [-0.1, -0.05) is 0 Å². The first-order chi connectivity index (χ1) is 5.68. The third-order valence-electron chi connectivity index (χ3n) is 1.43. The van der Waals surface area contributed by atoms with Crippen molar-refractivity contribution in [2.45, 2.75) is 6.23 Å². The molecule has 0 radical (unpaired) electrons. The molecule has 1 aromatic carbocycles. The lowest BCUT2D eigenvalue weighted by molar-refractivity contribution is 0.196. The van der Waals surface area contributed by atoms with Gasteiger partial charge in [-0.2, -0.15) is 0 Å². The van der Waals surface area contributed by atoms with Gasteiger partial charge < -0.3 is 21.9 Å². The molecule has 0 saturated carbocycles. The van der Waals surface area contributed by atoms with E-state index in [1.165, 1.54) is 0 Å². The van der Waals surface area contributed by atoms with Crippen molar-refractivity contribution >= 4 is 11.4 Å². The number of aliphatic hydroxyl groups excluding tert-OH is 1. The monoisotopic (exact) mass is 167 g/mol. The lowest BCUT2D eigenvalue weighted by Crippen LogP contribution is -2.28. The Balaban J connectivity index is 2.48. The first kappa shape index (κ1) is 8.83.